The number of benzene rings is 3. The molecular weight excluding hydrogens is 605 g/mol. The van der Waals surface area contributed by atoms with Crippen molar-refractivity contribution in [2.24, 2.45) is 0 Å². The van der Waals surface area contributed by atoms with Crippen LogP contribution in [0.2, 0.25) is 0 Å². The van der Waals surface area contributed by atoms with E-state index in [0.717, 1.165) is 44.3 Å². The van der Waals surface area contributed by atoms with Crippen molar-refractivity contribution in [3.8, 4) is 23.2 Å². The third-order valence-electron chi connectivity index (χ3n) is 5.76. The molecule has 6 heteroatoms. The van der Waals surface area contributed by atoms with Crippen molar-refractivity contribution in [2.75, 3.05) is 0 Å². The smallest absolute Gasteiger partial charge is 0.217 e. The Morgan fingerprint density at radius 3 is 2.56 bits per heavy atom. The van der Waals surface area contributed by atoms with E-state index in [2.05, 4.69) is 46.8 Å². The molecule has 0 aliphatic rings. The first-order valence-corrected chi connectivity index (χ1v) is 10.7. The minimum atomic E-state index is 0. The van der Waals surface area contributed by atoms with E-state index in [9.17, 15) is 5.11 Å². The molecule has 0 spiro atoms. The SMILES string of the molecule is Cc1cc(C)nc(-n2c3[c-]c(Oc4ccc5cccc(O)c5n4)ccc3c3ccccc32)c1.[Pt]. The van der Waals surface area contributed by atoms with Gasteiger partial charge in [0, 0.05) is 49.5 Å². The van der Waals surface area contributed by atoms with Gasteiger partial charge in [0.15, 0.2) is 0 Å². The van der Waals surface area contributed by atoms with Gasteiger partial charge in [-0.1, -0.05) is 35.8 Å². The maximum atomic E-state index is 10.2. The Balaban J connectivity index is 0.00000241. The van der Waals surface area contributed by atoms with Crippen molar-refractivity contribution in [3.05, 3.63) is 96.2 Å². The zero-order valence-corrected chi connectivity index (χ0v) is 20.8. The minimum absolute atomic E-state index is 0. The zero-order valence-electron chi connectivity index (χ0n) is 18.5. The van der Waals surface area contributed by atoms with Gasteiger partial charge in [0.2, 0.25) is 5.88 Å². The molecule has 0 amide bonds. The Morgan fingerprint density at radius 1 is 0.853 bits per heavy atom. The predicted molar refractivity (Wildman–Crippen MR) is 130 cm³/mol. The maximum Gasteiger partial charge on any atom is 0.217 e. The van der Waals surface area contributed by atoms with Gasteiger partial charge in [-0.15, -0.1) is 17.5 Å². The first-order chi connectivity index (χ1) is 16.1. The molecule has 0 unspecified atom stereocenters. The van der Waals surface area contributed by atoms with Crippen LogP contribution in [0.1, 0.15) is 11.3 Å². The number of ether oxygens (including phenoxy) is 1. The fraction of sp³-hybridized carbons (Fsp3) is 0.0714. The van der Waals surface area contributed by atoms with Crippen LogP contribution in [0.15, 0.2) is 78.9 Å². The van der Waals surface area contributed by atoms with Gasteiger partial charge < -0.3 is 14.4 Å². The summed E-state index contributed by atoms with van der Waals surface area (Å²) in [5, 5.41) is 13.2. The molecule has 0 aliphatic heterocycles. The summed E-state index contributed by atoms with van der Waals surface area (Å²) in [5.74, 6) is 1.91. The summed E-state index contributed by atoms with van der Waals surface area (Å²) >= 11 is 0. The summed E-state index contributed by atoms with van der Waals surface area (Å²) in [6.45, 7) is 4.08. The standard InChI is InChI=1S/C28H20N3O2.Pt/c1-17-14-18(2)29-26(15-17)31-23-8-4-3-7-21(23)22-12-11-20(16-24(22)31)33-27-13-10-19-6-5-9-25(32)28(19)30-27;/h3-15,32H,1-2H3;/q-1;. The van der Waals surface area contributed by atoms with Crippen LogP contribution >= 0.6 is 0 Å². The molecule has 0 bridgehead atoms. The van der Waals surface area contributed by atoms with Crippen LogP contribution in [0.25, 0.3) is 38.5 Å². The number of para-hydroxylation sites is 2. The Morgan fingerprint density at radius 2 is 1.71 bits per heavy atom. The van der Waals surface area contributed by atoms with E-state index in [1.807, 2.05) is 43.3 Å². The Bertz CT molecular complexity index is 1670. The second kappa shape index (κ2) is 8.58. The van der Waals surface area contributed by atoms with E-state index in [1.54, 1.807) is 18.2 Å². The van der Waals surface area contributed by atoms with Gasteiger partial charge in [-0.3, -0.25) is 0 Å². The number of fused-ring (bicyclic) bond motifs is 4. The molecule has 34 heavy (non-hydrogen) atoms. The molecule has 0 aliphatic carbocycles. The number of hydrogen-bond donors (Lipinski definition) is 1. The van der Waals surface area contributed by atoms with Gasteiger partial charge in [0.25, 0.3) is 0 Å². The molecule has 0 saturated heterocycles. The quantitative estimate of drug-likeness (QED) is 0.224. The number of nitrogens with zero attached hydrogens (tertiary/aromatic N) is 3. The molecule has 0 atom stereocenters. The Hall–Kier alpha value is -3.69. The van der Waals surface area contributed by atoms with E-state index in [1.165, 1.54) is 0 Å². The molecule has 3 heterocycles. The van der Waals surface area contributed by atoms with E-state index < -0.39 is 0 Å². The van der Waals surface area contributed by atoms with Crippen LogP contribution in [-0.2, 0) is 21.1 Å². The van der Waals surface area contributed by atoms with Gasteiger partial charge >= 0.3 is 0 Å². The summed E-state index contributed by atoms with van der Waals surface area (Å²) < 4.78 is 8.19. The largest absolute Gasteiger partial charge is 0.506 e. The molecular formula is C28H20N3O2Pt-. The fourth-order valence-corrected chi connectivity index (χ4v) is 4.39. The molecule has 0 radical (unpaired) electrons. The van der Waals surface area contributed by atoms with Crippen LogP contribution < -0.4 is 4.74 Å². The zero-order chi connectivity index (χ0) is 22.5. The Labute approximate surface area is 210 Å². The minimum Gasteiger partial charge on any atom is -0.506 e. The van der Waals surface area contributed by atoms with Crippen molar-refractivity contribution < 1.29 is 30.9 Å². The summed E-state index contributed by atoms with van der Waals surface area (Å²) in [5.41, 5.74) is 4.56. The molecule has 1 N–H and O–H groups in total. The summed E-state index contributed by atoms with van der Waals surface area (Å²) in [7, 11) is 0. The number of aromatic hydroxyl groups is 1. The summed E-state index contributed by atoms with van der Waals surface area (Å²) in [4.78, 5) is 9.28. The van der Waals surface area contributed by atoms with Gasteiger partial charge in [-0.2, -0.15) is 6.07 Å². The predicted octanol–water partition coefficient (Wildman–Crippen LogP) is 6.64. The van der Waals surface area contributed by atoms with Gasteiger partial charge in [-0.05, 0) is 55.1 Å². The van der Waals surface area contributed by atoms with Gasteiger partial charge in [0.1, 0.15) is 17.1 Å². The van der Waals surface area contributed by atoms with E-state index in [-0.39, 0.29) is 26.8 Å². The number of aryl methyl sites for hydroxylation is 2. The van der Waals surface area contributed by atoms with E-state index in [0.29, 0.717) is 17.1 Å². The molecule has 3 aromatic heterocycles. The van der Waals surface area contributed by atoms with E-state index >= 15 is 0 Å². The monoisotopic (exact) mass is 625 g/mol. The molecule has 6 rings (SSSR count). The van der Waals surface area contributed by atoms with Crippen LogP contribution in [0.3, 0.4) is 0 Å². The second-order valence-electron chi connectivity index (χ2n) is 8.18. The number of pyridine rings is 2. The molecule has 0 saturated carbocycles. The topological polar surface area (TPSA) is 60.2 Å². The third-order valence-corrected chi connectivity index (χ3v) is 5.76. The maximum absolute atomic E-state index is 10.2. The molecule has 5 nitrogen and oxygen atoms in total. The molecule has 3 aromatic carbocycles. The van der Waals surface area contributed by atoms with Crippen molar-refractivity contribution in [1.29, 1.82) is 0 Å². The number of aromatic nitrogens is 3. The van der Waals surface area contributed by atoms with Crippen molar-refractivity contribution >= 4 is 32.7 Å². The number of rotatable bonds is 3. The molecule has 6 aromatic rings. The average Bonchev–Trinajstić information content (AvgIpc) is 3.13. The number of phenols is 1. The third kappa shape index (κ3) is 3.72. The normalized spacial score (nSPS) is 11.1. The fourth-order valence-electron chi connectivity index (χ4n) is 4.39. The first-order valence-electron chi connectivity index (χ1n) is 10.7. The number of phenolic OH excluding ortho intramolecular Hbond substituents is 1. The van der Waals surface area contributed by atoms with Gasteiger partial charge in [0.05, 0.1) is 0 Å². The van der Waals surface area contributed by atoms with E-state index in [4.69, 9.17) is 9.72 Å². The summed E-state index contributed by atoms with van der Waals surface area (Å²) in [6.07, 6.45) is 0. The number of hydrogen-bond acceptors (Lipinski definition) is 4. The van der Waals surface area contributed by atoms with Crippen LogP contribution in [-0.4, -0.2) is 19.6 Å². The first kappa shape index (κ1) is 22.1. The van der Waals surface area contributed by atoms with Crippen LogP contribution in [0.5, 0.6) is 17.4 Å². The van der Waals surface area contributed by atoms with Crippen molar-refractivity contribution in [1.82, 2.24) is 14.5 Å². The van der Waals surface area contributed by atoms with Crippen LogP contribution in [0, 0.1) is 19.9 Å². The second-order valence-corrected chi connectivity index (χ2v) is 8.18. The van der Waals surface area contributed by atoms with Crippen molar-refractivity contribution in [3.63, 3.8) is 0 Å². The van der Waals surface area contributed by atoms with Crippen molar-refractivity contribution in [2.45, 2.75) is 13.8 Å². The summed E-state index contributed by atoms with van der Waals surface area (Å²) in [6, 6.07) is 28.8. The Kier molecular flexibility index (Phi) is 5.58. The van der Waals surface area contributed by atoms with Gasteiger partial charge in [-0.25, -0.2) is 9.97 Å². The molecule has 170 valence electrons. The van der Waals surface area contributed by atoms with Crippen LogP contribution in [0.4, 0.5) is 0 Å². The molecule has 0 fully saturated rings. The average molecular weight is 626 g/mol.